The number of thiazole rings is 1. The molecule has 1 N–H and O–H groups in total. The van der Waals surface area contributed by atoms with E-state index in [1.165, 1.54) is 11.3 Å². The molecule has 1 aliphatic rings. The normalized spacial score (nSPS) is 15.4. The van der Waals surface area contributed by atoms with Gasteiger partial charge in [0, 0.05) is 6.42 Å². The summed E-state index contributed by atoms with van der Waals surface area (Å²) in [6.07, 6.45) is 1.10. The van der Waals surface area contributed by atoms with Gasteiger partial charge >= 0.3 is 0 Å². The van der Waals surface area contributed by atoms with E-state index >= 15 is 0 Å². The van der Waals surface area contributed by atoms with E-state index < -0.39 is 0 Å². The third kappa shape index (κ3) is 4.52. The summed E-state index contributed by atoms with van der Waals surface area (Å²) >= 11 is 1.23. The molecular formula is C23H22N2O4S. The minimum Gasteiger partial charge on any atom is -0.497 e. The average molecular weight is 423 g/mol. The van der Waals surface area contributed by atoms with Crippen molar-refractivity contribution in [2.75, 3.05) is 19.0 Å². The molecule has 2 aromatic carbocycles. The number of benzene rings is 2. The lowest BCUT2D eigenvalue weighted by Gasteiger charge is -2.20. The van der Waals surface area contributed by atoms with Gasteiger partial charge in [-0.25, -0.2) is 4.98 Å². The second-order valence-corrected chi connectivity index (χ2v) is 8.25. The first-order valence-corrected chi connectivity index (χ1v) is 10.5. The molecule has 0 aliphatic heterocycles. The third-order valence-electron chi connectivity index (χ3n) is 5.05. The molecule has 1 heterocycles. The highest BCUT2D eigenvalue weighted by atomic mass is 32.1. The lowest BCUT2D eigenvalue weighted by atomic mass is 9.84. The molecule has 4 rings (SSSR count). The summed E-state index contributed by atoms with van der Waals surface area (Å²) in [5.41, 5.74) is 2.95. The van der Waals surface area contributed by atoms with E-state index in [9.17, 15) is 9.59 Å². The van der Waals surface area contributed by atoms with Gasteiger partial charge in [0.1, 0.15) is 11.5 Å². The predicted molar refractivity (Wildman–Crippen MR) is 116 cm³/mol. The minimum absolute atomic E-state index is 0.0611. The number of amides is 1. The van der Waals surface area contributed by atoms with Crippen molar-refractivity contribution in [1.29, 1.82) is 0 Å². The topological polar surface area (TPSA) is 77.5 Å². The van der Waals surface area contributed by atoms with Gasteiger partial charge < -0.3 is 9.47 Å². The molecule has 1 unspecified atom stereocenters. The summed E-state index contributed by atoms with van der Waals surface area (Å²) in [5.74, 6) is 1.25. The number of Topliss-reactive ketones (excluding diaryl/α,β-unsaturated/α-hetero) is 1. The van der Waals surface area contributed by atoms with Crippen LogP contribution < -0.4 is 14.8 Å². The van der Waals surface area contributed by atoms with Gasteiger partial charge in [-0.05, 0) is 49.1 Å². The van der Waals surface area contributed by atoms with Crippen molar-refractivity contribution in [3.63, 3.8) is 0 Å². The Bertz CT molecular complexity index is 1060. The Morgan fingerprint density at radius 1 is 1.10 bits per heavy atom. The summed E-state index contributed by atoms with van der Waals surface area (Å²) in [6, 6.07) is 15.3. The Hall–Kier alpha value is -3.19. The first kappa shape index (κ1) is 20.1. The molecule has 1 atom stereocenters. The van der Waals surface area contributed by atoms with Crippen molar-refractivity contribution in [2.24, 2.45) is 0 Å². The van der Waals surface area contributed by atoms with Crippen LogP contribution >= 0.6 is 11.3 Å². The maximum Gasteiger partial charge on any atom is 0.264 e. The Labute approximate surface area is 178 Å². The van der Waals surface area contributed by atoms with Crippen molar-refractivity contribution >= 4 is 28.2 Å². The van der Waals surface area contributed by atoms with Crippen molar-refractivity contribution in [1.82, 2.24) is 4.98 Å². The molecule has 1 aromatic heterocycles. The number of carbonyl (C=O) groups is 2. The molecule has 0 bridgehead atoms. The predicted octanol–water partition coefficient (Wildman–Crippen LogP) is 4.39. The Morgan fingerprint density at radius 3 is 2.50 bits per heavy atom. The van der Waals surface area contributed by atoms with E-state index in [4.69, 9.17) is 9.47 Å². The highest BCUT2D eigenvalue weighted by molar-refractivity contribution is 7.17. The number of nitrogens with one attached hydrogen (secondary N) is 1. The highest BCUT2D eigenvalue weighted by Crippen LogP contribution is 2.37. The quantitative estimate of drug-likeness (QED) is 0.637. The second-order valence-electron chi connectivity index (χ2n) is 7.25. The number of aromatic nitrogens is 1. The van der Waals surface area contributed by atoms with Crippen LogP contribution in [0.25, 0.3) is 0 Å². The van der Waals surface area contributed by atoms with E-state index in [0.717, 1.165) is 22.6 Å². The number of methoxy groups -OCH3 is 1. The van der Waals surface area contributed by atoms with Gasteiger partial charge in [0.15, 0.2) is 17.5 Å². The summed E-state index contributed by atoms with van der Waals surface area (Å²) in [6.45, 7) is 1.87. The Balaban J connectivity index is 1.40. The molecule has 0 saturated heterocycles. The van der Waals surface area contributed by atoms with Crippen molar-refractivity contribution in [3.05, 3.63) is 70.2 Å². The van der Waals surface area contributed by atoms with Crippen LogP contribution in [0.2, 0.25) is 0 Å². The number of rotatable bonds is 6. The van der Waals surface area contributed by atoms with Crippen LogP contribution in [-0.4, -0.2) is 30.4 Å². The van der Waals surface area contributed by atoms with E-state index in [1.807, 2.05) is 55.5 Å². The third-order valence-corrected chi connectivity index (χ3v) is 6.10. The number of anilines is 1. The van der Waals surface area contributed by atoms with Crippen LogP contribution in [-0.2, 0) is 11.2 Å². The van der Waals surface area contributed by atoms with Crippen LogP contribution in [0.4, 0.5) is 5.13 Å². The molecule has 30 heavy (non-hydrogen) atoms. The average Bonchev–Trinajstić information content (AvgIpc) is 3.16. The largest absolute Gasteiger partial charge is 0.497 e. The molecule has 0 fully saturated rings. The first-order chi connectivity index (χ1) is 14.5. The van der Waals surface area contributed by atoms with Crippen LogP contribution in [0.3, 0.4) is 0 Å². The van der Waals surface area contributed by atoms with E-state index in [0.29, 0.717) is 28.6 Å². The minimum atomic E-state index is -0.305. The summed E-state index contributed by atoms with van der Waals surface area (Å²) in [4.78, 5) is 30.0. The fourth-order valence-electron chi connectivity index (χ4n) is 3.43. The number of ketones is 1. The highest BCUT2D eigenvalue weighted by Gasteiger charge is 2.30. The molecule has 0 saturated carbocycles. The van der Waals surface area contributed by atoms with Gasteiger partial charge in [0.05, 0.1) is 17.7 Å². The maximum absolute atomic E-state index is 12.6. The molecule has 0 spiro atoms. The van der Waals surface area contributed by atoms with E-state index in [-0.39, 0.29) is 24.2 Å². The fraction of sp³-hybridized carbons (Fsp3) is 0.261. The number of hydrogen-bond donors (Lipinski definition) is 1. The molecular weight excluding hydrogens is 400 g/mol. The maximum atomic E-state index is 12.6. The lowest BCUT2D eigenvalue weighted by molar-refractivity contribution is -0.118. The Kier molecular flexibility index (Phi) is 5.81. The SMILES string of the molecule is COc1ccc(C2CC(=O)c3sc(NC(=O)COc4ccc(C)cc4)nc3C2)cc1. The standard InChI is InChI=1S/C23H22N2O4S/c1-14-3-7-18(8-4-14)29-13-21(27)25-23-24-19-11-16(12-20(26)22(19)30-23)15-5-9-17(28-2)10-6-15/h3-10,16H,11-13H2,1-2H3,(H,24,25,27). The number of fused-ring (bicyclic) bond motifs is 1. The number of nitrogens with zero attached hydrogens (tertiary/aromatic N) is 1. The zero-order chi connectivity index (χ0) is 21.1. The van der Waals surface area contributed by atoms with Crippen molar-refractivity contribution in [3.8, 4) is 11.5 Å². The molecule has 6 nitrogen and oxygen atoms in total. The van der Waals surface area contributed by atoms with Crippen molar-refractivity contribution < 1.29 is 19.1 Å². The van der Waals surface area contributed by atoms with Gasteiger partial charge in [0.2, 0.25) is 0 Å². The van der Waals surface area contributed by atoms with Crippen LogP contribution in [0.1, 0.15) is 38.8 Å². The molecule has 3 aromatic rings. The van der Waals surface area contributed by atoms with Gasteiger partial charge in [-0.2, -0.15) is 0 Å². The molecule has 154 valence electrons. The zero-order valence-electron chi connectivity index (χ0n) is 16.8. The van der Waals surface area contributed by atoms with Crippen LogP contribution in [0, 0.1) is 6.92 Å². The molecule has 1 aliphatic carbocycles. The van der Waals surface area contributed by atoms with Gasteiger partial charge in [-0.15, -0.1) is 0 Å². The van der Waals surface area contributed by atoms with Gasteiger partial charge in [-0.3, -0.25) is 14.9 Å². The van der Waals surface area contributed by atoms with Crippen molar-refractivity contribution in [2.45, 2.75) is 25.7 Å². The summed E-state index contributed by atoms with van der Waals surface area (Å²) in [5, 5.41) is 3.18. The number of hydrogen-bond acceptors (Lipinski definition) is 6. The lowest BCUT2D eigenvalue weighted by Crippen LogP contribution is -2.20. The summed E-state index contributed by atoms with van der Waals surface area (Å²) < 4.78 is 10.7. The number of ether oxygens (including phenoxy) is 2. The number of carbonyl (C=O) groups excluding carboxylic acids is 2. The fourth-order valence-corrected chi connectivity index (χ4v) is 4.39. The number of aryl methyl sites for hydroxylation is 1. The molecule has 7 heteroatoms. The van der Waals surface area contributed by atoms with E-state index in [2.05, 4.69) is 10.3 Å². The van der Waals surface area contributed by atoms with Crippen LogP contribution in [0.5, 0.6) is 11.5 Å². The summed E-state index contributed by atoms with van der Waals surface area (Å²) in [7, 11) is 1.63. The Morgan fingerprint density at radius 2 is 1.80 bits per heavy atom. The van der Waals surface area contributed by atoms with Gasteiger partial charge in [0.25, 0.3) is 5.91 Å². The zero-order valence-corrected chi connectivity index (χ0v) is 17.6. The van der Waals surface area contributed by atoms with Gasteiger partial charge in [-0.1, -0.05) is 41.2 Å². The van der Waals surface area contributed by atoms with Crippen LogP contribution in [0.15, 0.2) is 48.5 Å². The van der Waals surface area contributed by atoms with E-state index in [1.54, 1.807) is 7.11 Å². The monoisotopic (exact) mass is 422 g/mol. The first-order valence-electron chi connectivity index (χ1n) is 9.68. The molecule has 0 radical (unpaired) electrons. The second kappa shape index (κ2) is 8.67. The smallest absolute Gasteiger partial charge is 0.264 e. The molecule has 1 amide bonds.